The maximum atomic E-state index is 13.6. The molecule has 1 aliphatic rings. The van der Waals surface area contributed by atoms with Crippen molar-refractivity contribution in [2.75, 3.05) is 64.3 Å². The molecule has 1 aliphatic heterocycles. The average molecular weight is 544 g/mol. The molecule has 0 atom stereocenters. The van der Waals surface area contributed by atoms with Crippen LogP contribution in [0.1, 0.15) is 12.8 Å². The Balaban J connectivity index is 1.57. The number of carbonyl (C=O) groups excluding carboxylic acids is 1. The zero-order valence-electron chi connectivity index (χ0n) is 21.4. The van der Waals surface area contributed by atoms with E-state index in [1.807, 2.05) is 0 Å². The smallest absolute Gasteiger partial charge is 0.248 e. The molecule has 0 radical (unpaired) electrons. The molecule has 2 heterocycles. The molecular formula is C27H31ClFN5O4. The van der Waals surface area contributed by atoms with Crippen molar-refractivity contribution in [1.29, 1.82) is 0 Å². The van der Waals surface area contributed by atoms with Gasteiger partial charge in [0.25, 0.3) is 0 Å². The van der Waals surface area contributed by atoms with Crippen molar-refractivity contribution < 1.29 is 23.4 Å². The molecule has 3 aromatic rings. The van der Waals surface area contributed by atoms with Crippen molar-refractivity contribution >= 4 is 45.6 Å². The molecule has 38 heavy (non-hydrogen) atoms. The lowest BCUT2D eigenvalue weighted by Crippen LogP contribution is -2.33. The number of ether oxygens (including phenoxy) is 3. The molecule has 0 unspecified atom stereocenters. The van der Waals surface area contributed by atoms with Crippen LogP contribution in [0, 0.1) is 5.82 Å². The number of hydrogen-bond donors (Lipinski definition) is 2. The number of hydrogen-bond acceptors (Lipinski definition) is 8. The number of likely N-dealkylation sites (tertiary alicyclic amines) is 1. The fraction of sp³-hybridized carbons (Fsp3) is 0.370. The van der Waals surface area contributed by atoms with Gasteiger partial charge in [0.05, 0.1) is 29.4 Å². The van der Waals surface area contributed by atoms with E-state index >= 15 is 0 Å². The van der Waals surface area contributed by atoms with Crippen LogP contribution < -0.4 is 15.4 Å². The number of anilines is 3. The third-order valence-electron chi connectivity index (χ3n) is 6.17. The summed E-state index contributed by atoms with van der Waals surface area (Å²) in [5, 5.41) is 6.75. The maximum Gasteiger partial charge on any atom is 0.248 e. The summed E-state index contributed by atoms with van der Waals surface area (Å²) in [7, 11) is 3.29. The first-order chi connectivity index (χ1) is 18.5. The number of nitrogens with zero attached hydrogens (tertiary/aromatic N) is 3. The summed E-state index contributed by atoms with van der Waals surface area (Å²) in [6.07, 6.45) is 4.73. The summed E-state index contributed by atoms with van der Waals surface area (Å²) in [5.41, 5.74) is 2.73. The van der Waals surface area contributed by atoms with Gasteiger partial charge in [-0.25, -0.2) is 14.4 Å². The first kappa shape index (κ1) is 27.7. The third-order valence-corrected chi connectivity index (χ3v) is 6.46. The molecule has 0 bridgehead atoms. The Morgan fingerprint density at radius 1 is 1.11 bits per heavy atom. The monoisotopic (exact) mass is 543 g/mol. The predicted octanol–water partition coefficient (Wildman–Crippen LogP) is 4.80. The van der Waals surface area contributed by atoms with Crippen molar-refractivity contribution in [3.63, 3.8) is 0 Å². The summed E-state index contributed by atoms with van der Waals surface area (Å²) in [5.74, 6) is 0.184. The number of fused-ring (bicyclic) bond motifs is 1. The van der Waals surface area contributed by atoms with Gasteiger partial charge in [0, 0.05) is 57.1 Å². The highest BCUT2D eigenvalue weighted by Crippen LogP contribution is 2.34. The van der Waals surface area contributed by atoms with Crippen LogP contribution in [0.25, 0.3) is 10.9 Å². The van der Waals surface area contributed by atoms with E-state index in [0.717, 1.165) is 38.0 Å². The molecule has 1 saturated heterocycles. The van der Waals surface area contributed by atoms with Gasteiger partial charge in [0.15, 0.2) is 0 Å². The Labute approximate surface area is 225 Å². The van der Waals surface area contributed by atoms with Crippen LogP contribution in [0.4, 0.5) is 21.6 Å². The second kappa shape index (κ2) is 13.5. The van der Waals surface area contributed by atoms with Gasteiger partial charge in [-0.05, 0) is 37.1 Å². The Morgan fingerprint density at radius 2 is 1.89 bits per heavy atom. The molecule has 1 aromatic heterocycles. The van der Waals surface area contributed by atoms with Crippen LogP contribution in [0.2, 0.25) is 5.02 Å². The van der Waals surface area contributed by atoms with E-state index in [1.165, 1.54) is 18.5 Å². The van der Waals surface area contributed by atoms with Gasteiger partial charge >= 0.3 is 0 Å². The summed E-state index contributed by atoms with van der Waals surface area (Å²) in [6, 6.07) is 7.81. The standard InChI is InChI=1S/C27H31ClFN5O4/c1-36-10-9-34-7-5-18(6-8-34)13-26(35)33-24-15-20-23(16-25(24)38-12-11-37-2)30-17-31-27(20)32-19-3-4-22(29)21(28)14-19/h3-4,13-17H,5-12H2,1-2H3,(H,33,35)(H,30,31,32). The fourth-order valence-corrected chi connectivity index (χ4v) is 4.31. The molecule has 4 rings (SSSR count). The number of benzene rings is 2. The average Bonchev–Trinajstić information content (AvgIpc) is 2.91. The molecule has 1 fully saturated rings. The Kier molecular flexibility index (Phi) is 9.83. The highest BCUT2D eigenvalue weighted by atomic mass is 35.5. The van der Waals surface area contributed by atoms with Gasteiger partial charge in [0.1, 0.15) is 30.3 Å². The molecule has 0 saturated carbocycles. The number of halogens is 2. The number of aromatic nitrogens is 2. The first-order valence-electron chi connectivity index (χ1n) is 12.3. The highest BCUT2D eigenvalue weighted by Gasteiger charge is 2.17. The van der Waals surface area contributed by atoms with E-state index in [9.17, 15) is 9.18 Å². The minimum Gasteiger partial charge on any atom is -0.489 e. The SMILES string of the molecule is COCCOc1cc2ncnc(Nc3ccc(F)c(Cl)c3)c2cc1NC(=O)C=C1CCN(CCOC)CC1. The molecule has 11 heteroatoms. The van der Waals surface area contributed by atoms with Crippen LogP contribution in [0.15, 0.2) is 48.3 Å². The largest absolute Gasteiger partial charge is 0.489 e. The van der Waals surface area contributed by atoms with E-state index in [1.54, 1.807) is 38.5 Å². The van der Waals surface area contributed by atoms with Gasteiger partial charge in [-0.1, -0.05) is 17.2 Å². The lowest BCUT2D eigenvalue weighted by atomic mass is 10.0. The van der Waals surface area contributed by atoms with Crippen LogP contribution in [0.5, 0.6) is 5.75 Å². The number of rotatable bonds is 11. The number of piperidine rings is 1. The van der Waals surface area contributed by atoms with Gasteiger partial charge in [-0.3, -0.25) is 4.79 Å². The molecule has 202 valence electrons. The van der Waals surface area contributed by atoms with Gasteiger partial charge in [-0.2, -0.15) is 0 Å². The van der Waals surface area contributed by atoms with Crippen molar-refractivity contribution in [3.05, 3.63) is 59.1 Å². The molecule has 0 spiro atoms. The van der Waals surface area contributed by atoms with E-state index < -0.39 is 5.82 Å². The van der Waals surface area contributed by atoms with E-state index in [4.69, 9.17) is 25.8 Å². The molecule has 9 nitrogen and oxygen atoms in total. The van der Waals surface area contributed by atoms with Gasteiger partial charge in [0.2, 0.25) is 5.91 Å². The second-order valence-electron chi connectivity index (χ2n) is 8.81. The van der Waals surface area contributed by atoms with Gasteiger partial charge in [-0.15, -0.1) is 0 Å². The molecule has 2 aromatic carbocycles. The second-order valence-corrected chi connectivity index (χ2v) is 9.22. The summed E-state index contributed by atoms with van der Waals surface area (Å²) in [4.78, 5) is 24.0. The Hall–Kier alpha value is -3.31. The number of methoxy groups -OCH3 is 2. The van der Waals surface area contributed by atoms with Crippen LogP contribution in [-0.4, -0.2) is 74.4 Å². The van der Waals surface area contributed by atoms with Crippen LogP contribution >= 0.6 is 11.6 Å². The zero-order valence-corrected chi connectivity index (χ0v) is 22.2. The summed E-state index contributed by atoms with van der Waals surface area (Å²) in [6.45, 7) is 4.05. The van der Waals surface area contributed by atoms with E-state index in [0.29, 0.717) is 53.7 Å². The lowest BCUT2D eigenvalue weighted by Gasteiger charge is -2.27. The predicted molar refractivity (Wildman–Crippen MR) is 146 cm³/mol. The van der Waals surface area contributed by atoms with Crippen molar-refractivity contribution in [2.24, 2.45) is 0 Å². The minimum absolute atomic E-state index is 0.00675. The number of carbonyl (C=O) groups is 1. The van der Waals surface area contributed by atoms with Crippen LogP contribution in [0.3, 0.4) is 0 Å². The molecular weight excluding hydrogens is 513 g/mol. The Morgan fingerprint density at radius 3 is 2.63 bits per heavy atom. The first-order valence-corrected chi connectivity index (χ1v) is 12.7. The minimum atomic E-state index is -0.512. The van der Waals surface area contributed by atoms with Crippen LogP contribution in [-0.2, 0) is 14.3 Å². The fourth-order valence-electron chi connectivity index (χ4n) is 4.13. The van der Waals surface area contributed by atoms with Crippen molar-refractivity contribution in [2.45, 2.75) is 12.8 Å². The normalized spacial score (nSPS) is 13.9. The maximum absolute atomic E-state index is 13.6. The highest BCUT2D eigenvalue weighted by molar-refractivity contribution is 6.31. The summed E-state index contributed by atoms with van der Waals surface area (Å²) < 4.78 is 29.8. The van der Waals surface area contributed by atoms with Gasteiger partial charge < -0.3 is 29.7 Å². The quantitative estimate of drug-likeness (QED) is 0.263. The van der Waals surface area contributed by atoms with Crippen molar-refractivity contribution in [1.82, 2.24) is 14.9 Å². The zero-order chi connectivity index (χ0) is 26.9. The van der Waals surface area contributed by atoms with E-state index in [2.05, 4.69) is 25.5 Å². The molecule has 1 amide bonds. The molecule has 0 aliphatic carbocycles. The Bertz CT molecular complexity index is 1300. The van der Waals surface area contributed by atoms with Crippen molar-refractivity contribution in [3.8, 4) is 5.75 Å². The van der Waals surface area contributed by atoms with E-state index in [-0.39, 0.29) is 10.9 Å². The topological polar surface area (TPSA) is 97.8 Å². The summed E-state index contributed by atoms with van der Waals surface area (Å²) >= 11 is 5.94. The molecule has 2 N–H and O–H groups in total. The lowest BCUT2D eigenvalue weighted by molar-refractivity contribution is -0.112. The third kappa shape index (κ3) is 7.38. The number of nitrogens with one attached hydrogen (secondary N) is 2. The number of amides is 1.